The fraction of sp³-hybridized carbons (Fsp3) is 0.300. The molecule has 0 saturated carbocycles. The van der Waals surface area contributed by atoms with Gasteiger partial charge in [-0.05, 0) is 38.1 Å². The van der Waals surface area contributed by atoms with E-state index >= 15 is 0 Å². The maximum Gasteiger partial charge on any atom is 0.347 e. The summed E-state index contributed by atoms with van der Waals surface area (Å²) in [5.41, 5.74) is -1.18. The molecule has 1 aromatic carbocycles. The molecule has 0 amide bonds. The Morgan fingerprint density at radius 2 is 2.00 bits per heavy atom. The molecule has 0 spiro atoms. The molecule has 1 aromatic rings. The van der Waals surface area contributed by atoms with Gasteiger partial charge in [0.25, 0.3) is 1.43 Å². The van der Waals surface area contributed by atoms with E-state index in [1.165, 1.54) is 13.8 Å². The Bertz CT molecular complexity index is 354. The average Bonchev–Trinajstić information content (AvgIpc) is 2.20. The first kappa shape index (κ1) is 13.5. The first-order valence-electron chi connectivity index (χ1n) is 4.49. The number of ether oxygens (including phenoxy) is 1. The molecular formula is C10H11ClKO3. The first-order chi connectivity index (χ1) is 6.95. The molecule has 15 heavy (non-hydrogen) atoms. The van der Waals surface area contributed by atoms with Crippen LogP contribution in [0.2, 0.25) is 5.02 Å². The van der Waals surface area contributed by atoms with Crippen LogP contribution in [0.15, 0.2) is 24.3 Å². The summed E-state index contributed by atoms with van der Waals surface area (Å²) in [6.07, 6.45) is 0. The van der Waals surface area contributed by atoms with E-state index in [0.717, 1.165) is 0 Å². The number of hydrogen-bond acceptors (Lipinski definition) is 3. The van der Waals surface area contributed by atoms with Crippen molar-refractivity contribution in [2.75, 3.05) is 0 Å². The van der Waals surface area contributed by atoms with Crippen molar-refractivity contribution >= 4 is 69.0 Å². The van der Waals surface area contributed by atoms with Crippen molar-refractivity contribution in [1.82, 2.24) is 0 Å². The van der Waals surface area contributed by atoms with E-state index in [4.69, 9.17) is 17.8 Å². The number of aliphatic carboxylic acids is 1. The van der Waals surface area contributed by atoms with Crippen molar-refractivity contribution in [2.45, 2.75) is 19.4 Å². The minimum absolute atomic E-state index is 0. The molecule has 77 valence electrons. The molecule has 1 radical (unpaired) electrons. The zero-order valence-corrected chi connectivity index (χ0v) is 12.8. The van der Waals surface area contributed by atoms with Crippen LogP contribution in [0.25, 0.3) is 1.43 Å². The minimum atomic E-state index is -1.18. The van der Waals surface area contributed by atoms with Crippen LogP contribution in [-0.4, -0.2) is 68.1 Å². The largest absolute Gasteiger partial charge is 0.478 e. The monoisotopic (exact) mass is 254 g/mol. The predicted molar refractivity (Wildman–Crippen MR) is 59.5 cm³/mol. The average molecular weight is 255 g/mol. The molecule has 0 aliphatic carbocycles. The van der Waals surface area contributed by atoms with E-state index in [9.17, 15) is 4.79 Å². The van der Waals surface area contributed by atoms with Crippen LogP contribution in [0.4, 0.5) is 0 Å². The van der Waals surface area contributed by atoms with Gasteiger partial charge in [0.2, 0.25) is 0 Å². The molecule has 0 unspecified atom stereocenters. The Balaban J connectivity index is 0.00000225. The minimum Gasteiger partial charge on any atom is -0.478 e. The summed E-state index contributed by atoms with van der Waals surface area (Å²) in [6.45, 7) is 3.05. The Labute approximate surface area is 138 Å². The van der Waals surface area contributed by atoms with Gasteiger partial charge in [-0.3, -0.25) is 0 Å². The molecule has 0 fully saturated rings. The van der Waals surface area contributed by atoms with E-state index in [1.54, 1.807) is 24.3 Å². The van der Waals surface area contributed by atoms with Gasteiger partial charge < -0.3 is 9.85 Å². The maximum absolute atomic E-state index is 11.1. The van der Waals surface area contributed by atoms with Crippen molar-refractivity contribution < 1.29 is 14.6 Å². The molecule has 0 aromatic heterocycles. The van der Waals surface area contributed by atoms with Crippen LogP contribution < -0.4 is 4.74 Å². The topological polar surface area (TPSA) is 46.5 Å². The van der Waals surface area contributed by atoms with Crippen LogP contribution in [0.1, 0.15) is 13.8 Å². The molecule has 0 aliphatic rings. The van der Waals surface area contributed by atoms with Crippen molar-refractivity contribution in [3.63, 3.8) is 0 Å². The van der Waals surface area contributed by atoms with Crippen molar-refractivity contribution in [3.8, 4) is 5.75 Å². The summed E-state index contributed by atoms with van der Waals surface area (Å²) in [6, 6.07) is 6.58. The number of halogens is 1. The van der Waals surface area contributed by atoms with Gasteiger partial charge in [0.15, 0.2) is 5.60 Å². The van der Waals surface area contributed by atoms with E-state index in [0.29, 0.717) is 10.8 Å². The SMILES string of the molecule is [2H]OC(=O)C(C)(C)Oc1ccc(Cl)cc1.[K]. The third-order valence-corrected chi connectivity index (χ3v) is 1.93. The summed E-state index contributed by atoms with van der Waals surface area (Å²) >= 11 is 5.70. The van der Waals surface area contributed by atoms with Gasteiger partial charge in [0, 0.05) is 56.4 Å². The Morgan fingerprint density at radius 1 is 1.47 bits per heavy atom. The molecule has 0 bridgehead atoms. The zero-order valence-electron chi connectivity index (χ0n) is 9.91. The number of hydrogen-bond donors (Lipinski definition) is 1. The number of carboxylic acids is 1. The fourth-order valence-corrected chi connectivity index (χ4v) is 0.965. The van der Waals surface area contributed by atoms with Crippen molar-refractivity contribution in [2.24, 2.45) is 0 Å². The quantitative estimate of drug-likeness (QED) is 0.842. The van der Waals surface area contributed by atoms with E-state index in [1.807, 2.05) is 0 Å². The second-order valence-electron chi connectivity index (χ2n) is 3.35. The van der Waals surface area contributed by atoms with Gasteiger partial charge in [-0.2, -0.15) is 0 Å². The molecule has 5 heteroatoms. The molecule has 0 atom stereocenters. The smallest absolute Gasteiger partial charge is 0.347 e. The van der Waals surface area contributed by atoms with Gasteiger partial charge in [0.1, 0.15) is 5.75 Å². The maximum atomic E-state index is 11.1. The Kier molecular flexibility index (Phi) is 5.60. The molecule has 1 rings (SSSR count). The van der Waals surface area contributed by atoms with Gasteiger partial charge >= 0.3 is 5.97 Å². The Hall–Kier alpha value is 0.416. The van der Waals surface area contributed by atoms with Crippen LogP contribution >= 0.6 is 11.6 Å². The van der Waals surface area contributed by atoms with E-state index < -0.39 is 11.6 Å². The third-order valence-electron chi connectivity index (χ3n) is 1.68. The number of carbonyl (C=O) groups is 1. The summed E-state index contributed by atoms with van der Waals surface area (Å²) in [4.78, 5) is 11.1. The van der Waals surface area contributed by atoms with Gasteiger partial charge in [-0.15, -0.1) is 0 Å². The summed E-state index contributed by atoms with van der Waals surface area (Å²) in [5.74, 6) is -0.257. The zero-order chi connectivity index (χ0) is 11.5. The normalized spacial score (nSPS) is 11.0. The second-order valence-corrected chi connectivity index (χ2v) is 3.79. The summed E-state index contributed by atoms with van der Waals surface area (Å²) in [5, 5.41) is 4.46. The van der Waals surface area contributed by atoms with Crippen LogP contribution in [0, 0.1) is 0 Å². The number of rotatable bonds is 3. The first-order valence-corrected chi connectivity index (χ1v) is 4.45. The molecule has 0 heterocycles. The predicted octanol–water partition coefficient (Wildman–Crippen LogP) is 2.20. The third kappa shape index (κ3) is 4.85. The second kappa shape index (κ2) is 6.23. The van der Waals surface area contributed by atoms with Crippen molar-refractivity contribution in [1.29, 1.82) is 1.43 Å². The molecule has 3 nitrogen and oxygen atoms in total. The van der Waals surface area contributed by atoms with Crippen LogP contribution in [0.3, 0.4) is 0 Å². The standard InChI is InChI=1S/C10H11ClO3.K/c1-10(2,9(12)13)14-8-5-3-7(11)4-6-8;/h3-6H,1-2H3,(H,12,13);/i/hD. The van der Waals surface area contributed by atoms with Gasteiger partial charge in [0.05, 0.1) is 0 Å². The molecule has 1 N–H and O–H groups in total. The van der Waals surface area contributed by atoms with E-state index in [2.05, 4.69) is 5.11 Å². The number of carboxylic acid groups (broad SMARTS) is 1. The van der Waals surface area contributed by atoms with Crippen molar-refractivity contribution in [3.05, 3.63) is 29.3 Å². The van der Waals surface area contributed by atoms with E-state index in [-0.39, 0.29) is 51.4 Å². The van der Waals surface area contributed by atoms with Crippen LogP contribution in [-0.2, 0) is 4.79 Å². The molecule has 0 saturated heterocycles. The molecular weight excluding hydrogens is 243 g/mol. The fourth-order valence-electron chi connectivity index (χ4n) is 0.839. The Morgan fingerprint density at radius 3 is 2.47 bits per heavy atom. The summed E-state index contributed by atoms with van der Waals surface area (Å²) in [7, 11) is 0. The van der Waals surface area contributed by atoms with Gasteiger partial charge in [-0.1, -0.05) is 11.6 Å². The molecule has 0 aliphatic heterocycles. The summed E-state index contributed by atoms with van der Waals surface area (Å²) < 4.78 is 11.9. The van der Waals surface area contributed by atoms with Gasteiger partial charge in [-0.25, -0.2) is 4.79 Å². The van der Waals surface area contributed by atoms with Crippen LogP contribution in [0.5, 0.6) is 5.75 Å². The number of benzene rings is 1.